The molecule has 0 fully saturated rings. The van der Waals surface area contributed by atoms with Gasteiger partial charge in [0.1, 0.15) is 0 Å². The molecule has 5 nitrogen and oxygen atoms in total. The van der Waals surface area contributed by atoms with E-state index in [0.29, 0.717) is 0 Å². The molecule has 0 heterocycles. The van der Waals surface area contributed by atoms with E-state index in [0.717, 1.165) is 37.3 Å². The number of hydrogen-bond donors (Lipinski definition) is 2. The number of nitrogens with zero attached hydrogens (tertiary/aromatic N) is 2. The number of nitrogens with two attached hydrogens (primary N) is 1. The molecule has 0 radical (unpaired) electrons. The summed E-state index contributed by atoms with van der Waals surface area (Å²) < 4.78 is 0. The summed E-state index contributed by atoms with van der Waals surface area (Å²) in [5.41, 5.74) is 9.21. The van der Waals surface area contributed by atoms with Gasteiger partial charge in [-0.2, -0.15) is 5.10 Å². The molecule has 104 valence electrons. The summed E-state index contributed by atoms with van der Waals surface area (Å²) in [6.07, 6.45) is 0.770. The Kier molecular flexibility index (Phi) is 6.60. The van der Waals surface area contributed by atoms with Gasteiger partial charge >= 0.3 is 6.03 Å². The van der Waals surface area contributed by atoms with E-state index in [9.17, 15) is 4.79 Å². The van der Waals surface area contributed by atoms with Gasteiger partial charge < -0.3 is 10.6 Å². The summed E-state index contributed by atoms with van der Waals surface area (Å²) in [7, 11) is 0. The van der Waals surface area contributed by atoms with Crippen LogP contribution < -0.4 is 11.2 Å². The minimum absolute atomic E-state index is 0.642. The zero-order chi connectivity index (χ0) is 14.1. The number of amides is 2. The molecule has 0 aliphatic heterocycles. The molecule has 1 aromatic carbocycles. The summed E-state index contributed by atoms with van der Waals surface area (Å²) >= 11 is 0. The average molecular weight is 262 g/mol. The zero-order valence-corrected chi connectivity index (χ0v) is 11.6. The Balaban J connectivity index is 2.76. The van der Waals surface area contributed by atoms with Gasteiger partial charge in [-0.25, -0.2) is 10.2 Å². The van der Waals surface area contributed by atoms with Crippen LogP contribution in [0.15, 0.2) is 35.4 Å². The van der Waals surface area contributed by atoms with E-state index in [1.165, 1.54) is 0 Å². The standard InChI is InChI=1S/C14H22N4O/c1-3-18(4-2)11-10-13(16-17-14(15)19)12-8-6-5-7-9-12/h5-9H,3-4,10-11H2,1-2H3,(H3,15,17,19)/b16-13+. The molecule has 5 heteroatoms. The van der Waals surface area contributed by atoms with Crippen LogP contribution in [-0.4, -0.2) is 36.3 Å². The second-order valence-electron chi connectivity index (χ2n) is 4.18. The van der Waals surface area contributed by atoms with E-state index < -0.39 is 6.03 Å². The molecule has 0 aromatic heterocycles. The Morgan fingerprint density at radius 3 is 2.42 bits per heavy atom. The van der Waals surface area contributed by atoms with Gasteiger partial charge in [-0.15, -0.1) is 0 Å². The van der Waals surface area contributed by atoms with Crippen LogP contribution in [0.25, 0.3) is 0 Å². The third-order valence-electron chi connectivity index (χ3n) is 2.97. The van der Waals surface area contributed by atoms with Crippen molar-refractivity contribution in [2.45, 2.75) is 20.3 Å². The second-order valence-corrected chi connectivity index (χ2v) is 4.18. The predicted octanol–water partition coefficient (Wildman–Crippen LogP) is 1.79. The van der Waals surface area contributed by atoms with Crippen LogP contribution in [0.2, 0.25) is 0 Å². The lowest BCUT2D eigenvalue weighted by Gasteiger charge is -2.18. The van der Waals surface area contributed by atoms with E-state index in [2.05, 4.69) is 29.3 Å². The average Bonchev–Trinajstić information content (AvgIpc) is 2.43. The molecular weight excluding hydrogens is 240 g/mol. The van der Waals surface area contributed by atoms with Crippen molar-refractivity contribution in [3.05, 3.63) is 35.9 Å². The van der Waals surface area contributed by atoms with E-state index in [1.807, 2.05) is 30.3 Å². The Labute approximate surface area is 114 Å². The molecular formula is C14H22N4O. The molecule has 19 heavy (non-hydrogen) atoms. The Hall–Kier alpha value is -1.88. The summed E-state index contributed by atoms with van der Waals surface area (Å²) in [5, 5.41) is 4.10. The normalized spacial score (nSPS) is 11.6. The number of benzene rings is 1. The first-order valence-corrected chi connectivity index (χ1v) is 6.57. The van der Waals surface area contributed by atoms with E-state index in [1.54, 1.807) is 0 Å². The topological polar surface area (TPSA) is 70.7 Å². The van der Waals surface area contributed by atoms with Crippen molar-refractivity contribution in [3.8, 4) is 0 Å². The highest BCUT2D eigenvalue weighted by atomic mass is 16.2. The molecule has 0 saturated carbocycles. The van der Waals surface area contributed by atoms with Crippen molar-refractivity contribution in [1.29, 1.82) is 0 Å². The highest BCUT2D eigenvalue weighted by Gasteiger charge is 2.07. The molecule has 1 rings (SSSR count). The summed E-state index contributed by atoms with van der Waals surface area (Å²) in [4.78, 5) is 13.1. The van der Waals surface area contributed by atoms with Gasteiger partial charge in [0.15, 0.2) is 0 Å². The van der Waals surface area contributed by atoms with Gasteiger partial charge in [-0.1, -0.05) is 44.2 Å². The van der Waals surface area contributed by atoms with Crippen LogP contribution in [0.1, 0.15) is 25.8 Å². The largest absolute Gasteiger partial charge is 0.350 e. The summed E-state index contributed by atoms with van der Waals surface area (Å²) in [5.74, 6) is 0. The molecule has 0 unspecified atom stereocenters. The Morgan fingerprint density at radius 2 is 1.89 bits per heavy atom. The third kappa shape index (κ3) is 5.52. The highest BCUT2D eigenvalue weighted by molar-refractivity contribution is 6.01. The number of hydrazone groups is 1. The summed E-state index contributed by atoms with van der Waals surface area (Å²) in [6.45, 7) is 7.17. The van der Waals surface area contributed by atoms with E-state index >= 15 is 0 Å². The number of nitrogens with one attached hydrogen (secondary N) is 1. The maximum Gasteiger partial charge on any atom is 0.332 e. The second kappa shape index (κ2) is 8.26. The Bertz CT molecular complexity index is 413. The van der Waals surface area contributed by atoms with Crippen molar-refractivity contribution in [2.24, 2.45) is 10.8 Å². The first-order valence-electron chi connectivity index (χ1n) is 6.57. The van der Waals surface area contributed by atoms with Crippen molar-refractivity contribution in [1.82, 2.24) is 10.3 Å². The van der Waals surface area contributed by atoms with Gasteiger partial charge in [0.25, 0.3) is 0 Å². The fourth-order valence-corrected chi connectivity index (χ4v) is 1.82. The van der Waals surface area contributed by atoms with Gasteiger partial charge in [0.05, 0.1) is 5.71 Å². The fourth-order valence-electron chi connectivity index (χ4n) is 1.82. The number of carbonyl (C=O) groups excluding carboxylic acids is 1. The van der Waals surface area contributed by atoms with Crippen molar-refractivity contribution in [3.63, 3.8) is 0 Å². The number of primary amides is 1. The minimum Gasteiger partial charge on any atom is -0.350 e. The van der Waals surface area contributed by atoms with E-state index in [4.69, 9.17) is 5.73 Å². The van der Waals surface area contributed by atoms with Crippen LogP contribution in [0.5, 0.6) is 0 Å². The van der Waals surface area contributed by atoms with Crippen LogP contribution >= 0.6 is 0 Å². The molecule has 0 spiro atoms. The molecule has 3 N–H and O–H groups in total. The maximum absolute atomic E-state index is 10.8. The number of carbonyl (C=O) groups is 1. The molecule has 2 amide bonds. The molecule has 0 saturated heterocycles. The Morgan fingerprint density at radius 1 is 1.26 bits per heavy atom. The minimum atomic E-state index is -0.642. The van der Waals surface area contributed by atoms with Gasteiger partial charge in [-0.3, -0.25) is 0 Å². The lowest BCUT2D eigenvalue weighted by Crippen LogP contribution is -2.29. The number of hydrogen-bond acceptors (Lipinski definition) is 3. The van der Waals surface area contributed by atoms with Crippen molar-refractivity contribution >= 4 is 11.7 Å². The van der Waals surface area contributed by atoms with Crippen LogP contribution in [0, 0.1) is 0 Å². The molecule has 0 aliphatic carbocycles. The van der Waals surface area contributed by atoms with Gasteiger partial charge in [-0.05, 0) is 18.7 Å². The highest BCUT2D eigenvalue weighted by Crippen LogP contribution is 2.05. The zero-order valence-electron chi connectivity index (χ0n) is 11.6. The van der Waals surface area contributed by atoms with Crippen molar-refractivity contribution < 1.29 is 4.79 Å². The monoisotopic (exact) mass is 262 g/mol. The van der Waals surface area contributed by atoms with Crippen molar-refractivity contribution in [2.75, 3.05) is 19.6 Å². The first kappa shape index (κ1) is 15.2. The first-order chi connectivity index (χ1) is 9.17. The SMILES string of the molecule is CCN(CC)CC/C(=N\NC(N)=O)c1ccccc1. The number of urea groups is 1. The lowest BCUT2D eigenvalue weighted by molar-refractivity contribution is 0.249. The van der Waals surface area contributed by atoms with E-state index in [-0.39, 0.29) is 0 Å². The maximum atomic E-state index is 10.8. The smallest absolute Gasteiger partial charge is 0.332 e. The number of rotatable bonds is 7. The molecule has 0 atom stereocenters. The third-order valence-corrected chi connectivity index (χ3v) is 2.97. The van der Waals surface area contributed by atoms with Crippen LogP contribution in [0.3, 0.4) is 0 Å². The predicted molar refractivity (Wildman–Crippen MR) is 78.1 cm³/mol. The van der Waals surface area contributed by atoms with Gasteiger partial charge in [0.2, 0.25) is 0 Å². The van der Waals surface area contributed by atoms with Crippen LogP contribution in [-0.2, 0) is 0 Å². The van der Waals surface area contributed by atoms with Gasteiger partial charge in [0, 0.05) is 13.0 Å². The summed E-state index contributed by atoms with van der Waals surface area (Å²) in [6, 6.07) is 9.16. The van der Waals surface area contributed by atoms with Crippen LogP contribution in [0.4, 0.5) is 4.79 Å². The lowest BCUT2D eigenvalue weighted by atomic mass is 10.1. The molecule has 0 aliphatic rings. The quantitative estimate of drug-likeness (QED) is 0.581. The fraction of sp³-hybridized carbons (Fsp3) is 0.429. The molecule has 1 aromatic rings. The molecule has 0 bridgehead atoms.